The quantitative estimate of drug-likeness (QED) is 0.873. The van der Waals surface area contributed by atoms with Crippen molar-refractivity contribution in [3.05, 3.63) is 51.2 Å². The zero-order valence-electron chi connectivity index (χ0n) is 9.78. The Hall–Kier alpha value is -1.07. The number of hydrogen-bond donors (Lipinski definition) is 1. The van der Waals surface area contributed by atoms with Gasteiger partial charge in [0, 0.05) is 16.4 Å². The minimum atomic E-state index is 0.687. The molecule has 0 atom stereocenters. The molecule has 0 radical (unpaired) electrons. The van der Waals surface area contributed by atoms with Crippen molar-refractivity contribution in [3.63, 3.8) is 0 Å². The van der Waals surface area contributed by atoms with Crippen LogP contribution in [0.5, 0.6) is 5.75 Å². The molecular formula is C13H12Br2N2O. The second-order valence-corrected chi connectivity index (χ2v) is 5.44. The first-order valence-corrected chi connectivity index (χ1v) is 6.95. The largest absolute Gasteiger partial charge is 0.496 e. The van der Waals surface area contributed by atoms with Crippen molar-refractivity contribution in [2.75, 3.05) is 12.4 Å². The summed E-state index contributed by atoms with van der Waals surface area (Å²) in [4.78, 5) is 4.30. The van der Waals surface area contributed by atoms with Gasteiger partial charge in [-0.3, -0.25) is 4.98 Å². The summed E-state index contributed by atoms with van der Waals surface area (Å²) in [7, 11) is 1.65. The van der Waals surface area contributed by atoms with E-state index in [1.54, 1.807) is 13.3 Å². The van der Waals surface area contributed by atoms with Gasteiger partial charge in [-0.2, -0.15) is 0 Å². The van der Waals surface area contributed by atoms with Gasteiger partial charge in [0.15, 0.2) is 0 Å². The van der Waals surface area contributed by atoms with Crippen molar-refractivity contribution in [1.29, 1.82) is 0 Å². The van der Waals surface area contributed by atoms with Gasteiger partial charge in [0.25, 0.3) is 0 Å². The molecule has 1 N–H and O–H groups in total. The molecule has 5 heteroatoms. The lowest BCUT2D eigenvalue weighted by Gasteiger charge is -2.08. The number of pyridine rings is 1. The number of benzene rings is 1. The van der Waals surface area contributed by atoms with Gasteiger partial charge in [-0.15, -0.1) is 0 Å². The van der Waals surface area contributed by atoms with Crippen molar-refractivity contribution < 1.29 is 4.74 Å². The molecule has 0 aliphatic rings. The first-order chi connectivity index (χ1) is 8.69. The Morgan fingerprint density at radius 1 is 1.22 bits per heavy atom. The van der Waals surface area contributed by atoms with Crippen LogP contribution in [-0.2, 0) is 6.54 Å². The van der Waals surface area contributed by atoms with E-state index in [4.69, 9.17) is 4.74 Å². The fourth-order valence-electron chi connectivity index (χ4n) is 1.48. The molecule has 0 spiro atoms. The maximum Gasteiger partial charge on any atom is 0.133 e. The van der Waals surface area contributed by atoms with Gasteiger partial charge in [0.1, 0.15) is 5.75 Å². The molecule has 0 saturated carbocycles. The van der Waals surface area contributed by atoms with Crippen LogP contribution in [0.3, 0.4) is 0 Å². The van der Waals surface area contributed by atoms with E-state index in [0.717, 1.165) is 26.1 Å². The molecule has 1 aromatic carbocycles. The predicted molar refractivity (Wildman–Crippen MR) is 80.0 cm³/mol. The second-order valence-electron chi connectivity index (χ2n) is 3.67. The summed E-state index contributed by atoms with van der Waals surface area (Å²) in [6.07, 6.45) is 1.79. The highest BCUT2D eigenvalue weighted by Crippen LogP contribution is 2.27. The van der Waals surface area contributed by atoms with Crippen molar-refractivity contribution in [1.82, 2.24) is 4.98 Å². The molecule has 2 rings (SSSR count). The standard InChI is InChI=1S/C13H12Br2N2O/c1-18-13-5-4-10(6-12(13)15)17-8-11-3-2-9(14)7-16-11/h2-7,17H,8H2,1H3. The maximum absolute atomic E-state index is 5.18. The Bertz CT molecular complexity index is 529. The highest BCUT2D eigenvalue weighted by molar-refractivity contribution is 9.10. The lowest BCUT2D eigenvalue weighted by atomic mass is 10.3. The maximum atomic E-state index is 5.18. The van der Waals surface area contributed by atoms with Gasteiger partial charge in [0.2, 0.25) is 0 Å². The van der Waals surface area contributed by atoms with Crippen LogP contribution in [0.15, 0.2) is 45.5 Å². The van der Waals surface area contributed by atoms with E-state index in [1.807, 2.05) is 30.3 Å². The van der Waals surface area contributed by atoms with Crippen LogP contribution in [0, 0.1) is 0 Å². The molecular weight excluding hydrogens is 360 g/mol. The Morgan fingerprint density at radius 2 is 2.06 bits per heavy atom. The molecule has 0 fully saturated rings. The molecule has 3 nitrogen and oxygen atoms in total. The molecule has 0 saturated heterocycles. The SMILES string of the molecule is COc1ccc(NCc2ccc(Br)cn2)cc1Br. The van der Waals surface area contributed by atoms with Crippen LogP contribution >= 0.6 is 31.9 Å². The molecule has 1 aromatic heterocycles. The van der Waals surface area contributed by atoms with Crippen molar-refractivity contribution in [2.24, 2.45) is 0 Å². The van der Waals surface area contributed by atoms with Crippen LogP contribution in [0.25, 0.3) is 0 Å². The molecule has 94 valence electrons. The first-order valence-electron chi connectivity index (χ1n) is 5.37. The minimum Gasteiger partial charge on any atom is -0.496 e. The smallest absolute Gasteiger partial charge is 0.133 e. The third-order valence-electron chi connectivity index (χ3n) is 2.41. The van der Waals surface area contributed by atoms with Crippen LogP contribution in [0.2, 0.25) is 0 Å². The lowest BCUT2D eigenvalue weighted by molar-refractivity contribution is 0.412. The number of ether oxygens (including phenoxy) is 1. The average molecular weight is 372 g/mol. The van der Waals surface area contributed by atoms with Gasteiger partial charge in [-0.1, -0.05) is 0 Å². The Kier molecular flexibility index (Phi) is 4.60. The number of halogens is 2. The zero-order chi connectivity index (χ0) is 13.0. The van der Waals surface area contributed by atoms with Crippen molar-refractivity contribution in [3.8, 4) is 5.75 Å². The third kappa shape index (κ3) is 3.46. The molecule has 0 aliphatic carbocycles. The summed E-state index contributed by atoms with van der Waals surface area (Å²) in [6, 6.07) is 9.84. The molecule has 0 amide bonds. The summed E-state index contributed by atoms with van der Waals surface area (Å²) in [5.41, 5.74) is 2.01. The number of aromatic nitrogens is 1. The van der Waals surface area contributed by atoms with Gasteiger partial charge in [-0.05, 0) is 62.2 Å². The van der Waals surface area contributed by atoms with Gasteiger partial charge >= 0.3 is 0 Å². The lowest BCUT2D eigenvalue weighted by Crippen LogP contribution is -2.01. The molecule has 1 heterocycles. The topological polar surface area (TPSA) is 34.1 Å². The molecule has 2 aromatic rings. The fourth-order valence-corrected chi connectivity index (χ4v) is 2.26. The van der Waals surface area contributed by atoms with Crippen LogP contribution < -0.4 is 10.1 Å². The number of nitrogens with zero attached hydrogens (tertiary/aromatic N) is 1. The van der Waals surface area contributed by atoms with E-state index in [1.165, 1.54) is 0 Å². The highest BCUT2D eigenvalue weighted by atomic mass is 79.9. The zero-order valence-corrected chi connectivity index (χ0v) is 13.0. The predicted octanol–water partition coefficient (Wildman–Crippen LogP) is 4.23. The monoisotopic (exact) mass is 370 g/mol. The van der Waals surface area contributed by atoms with E-state index in [2.05, 4.69) is 42.2 Å². The van der Waals surface area contributed by atoms with E-state index in [0.29, 0.717) is 6.54 Å². The molecule has 0 unspecified atom stereocenters. The number of rotatable bonds is 4. The van der Waals surface area contributed by atoms with Crippen LogP contribution in [-0.4, -0.2) is 12.1 Å². The minimum absolute atomic E-state index is 0.687. The number of hydrogen-bond acceptors (Lipinski definition) is 3. The van der Waals surface area contributed by atoms with E-state index in [9.17, 15) is 0 Å². The van der Waals surface area contributed by atoms with Gasteiger partial charge in [0.05, 0.1) is 23.8 Å². The molecule has 0 bridgehead atoms. The Labute approximate surface area is 123 Å². The molecule has 0 aliphatic heterocycles. The Balaban J connectivity index is 2.02. The van der Waals surface area contributed by atoms with Crippen LogP contribution in [0.1, 0.15) is 5.69 Å². The summed E-state index contributed by atoms with van der Waals surface area (Å²) in [5.74, 6) is 0.822. The summed E-state index contributed by atoms with van der Waals surface area (Å²) >= 11 is 6.82. The first kappa shape index (κ1) is 13.4. The summed E-state index contributed by atoms with van der Waals surface area (Å²) in [5, 5.41) is 3.31. The number of nitrogens with one attached hydrogen (secondary N) is 1. The average Bonchev–Trinajstić information content (AvgIpc) is 2.38. The van der Waals surface area contributed by atoms with E-state index < -0.39 is 0 Å². The Morgan fingerprint density at radius 3 is 2.67 bits per heavy atom. The van der Waals surface area contributed by atoms with E-state index in [-0.39, 0.29) is 0 Å². The second kappa shape index (κ2) is 6.20. The third-order valence-corrected chi connectivity index (χ3v) is 3.50. The summed E-state index contributed by atoms with van der Waals surface area (Å²) in [6.45, 7) is 0.687. The number of anilines is 1. The number of methoxy groups -OCH3 is 1. The highest BCUT2D eigenvalue weighted by Gasteiger charge is 2.01. The van der Waals surface area contributed by atoms with Crippen molar-refractivity contribution in [2.45, 2.75) is 6.54 Å². The molecule has 18 heavy (non-hydrogen) atoms. The van der Waals surface area contributed by atoms with Crippen LogP contribution in [0.4, 0.5) is 5.69 Å². The van der Waals surface area contributed by atoms with Crippen molar-refractivity contribution >= 4 is 37.5 Å². The summed E-state index contributed by atoms with van der Waals surface area (Å²) < 4.78 is 7.10. The van der Waals surface area contributed by atoms with Gasteiger partial charge < -0.3 is 10.1 Å². The fraction of sp³-hybridized carbons (Fsp3) is 0.154. The van der Waals surface area contributed by atoms with E-state index >= 15 is 0 Å². The van der Waals surface area contributed by atoms with Gasteiger partial charge in [-0.25, -0.2) is 0 Å². The normalized spacial score (nSPS) is 10.2.